The van der Waals surface area contributed by atoms with Crippen LogP contribution in [0.3, 0.4) is 0 Å². The summed E-state index contributed by atoms with van der Waals surface area (Å²) in [6.07, 6.45) is -5.06. The number of aromatic nitrogens is 4. The highest BCUT2D eigenvalue weighted by molar-refractivity contribution is 7.98. The highest BCUT2D eigenvalue weighted by Crippen LogP contribution is 2.32. The van der Waals surface area contributed by atoms with Crippen LogP contribution in [-0.2, 0) is 16.6 Å². The van der Waals surface area contributed by atoms with Crippen LogP contribution in [0.5, 0.6) is 0 Å². The molecule has 1 aliphatic rings. The van der Waals surface area contributed by atoms with E-state index in [1.165, 1.54) is 27.2 Å². The van der Waals surface area contributed by atoms with Crippen molar-refractivity contribution in [3.8, 4) is 0 Å². The number of carbonyl (C=O) groups is 1. The minimum atomic E-state index is -2.02. The maximum atomic E-state index is 12.3. The van der Waals surface area contributed by atoms with Gasteiger partial charge in [0.25, 0.3) is 5.56 Å². The normalized spacial score (nSPS) is 27.7. The van der Waals surface area contributed by atoms with Gasteiger partial charge in [-0.05, 0) is 6.26 Å². The Morgan fingerprint density at radius 2 is 2.08 bits per heavy atom. The average Bonchev–Trinajstić information content (AvgIpc) is 3.12. The third kappa shape index (κ3) is 2.71. The minimum absolute atomic E-state index is 0.0350. The highest BCUT2D eigenvalue weighted by atomic mass is 32.2. The second-order valence-corrected chi connectivity index (χ2v) is 6.32. The molecule has 2 aromatic rings. The monoisotopic (exact) mass is 372 g/mol. The topological polar surface area (TPSA) is 160 Å². The van der Waals surface area contributed by atoms with Crippen molar-refractivity contribution in [2.24, 2.45) is 7.05 Å². The molecule has 0 radical (unpaired) electrons. The number of nitrogens with zero attached hydrogens (tertiary/aromatic N) is 4. The van der Waals surface area contributed by atoms with Crippen LogP contribution in [0.2, 0.25) is 0 Å². The zero-order valence-corrected chi connectivity index (χ0v) is 14.0. The van der Waals surface area contributed by atoms with E-state index in [0.717, 1.165) is 0 Å². The number of imidazole rings is 1. The number of thioether (sulfide) groups is 1. The first-order chi connectivity index (χ1) is 11.8. The van der Waals surface area contributed by atoms with Gasteiger partial charge in [0.1, 0.15) is 18.3 Å². The predicted molar refractivity (Wildman–Crippen MR) is 84.1 cm³/mol. The molecule has 1 fully saturated rings. The Morgan fingerprint density at radius 1 is 1.40 bits per heavy atom. The van der Waals surface area contributed by atoms with Gasteiger partial charge >= 0.3 is 5.97 Å². The first-order valence-electron chi connectivity index (χ1n) is 7.18. The summed E-state index contributed by atoms with van der Waals surface area (Å²) >= 11 is 1.23. The maximum absolute atomic E-state index is 12.3. The molecular weight excluding hydrogens is 356 g/mol. The first kappa shape index (κ1) is 17.8. The number of aliphatic hydroxyl groups is 3. The van der Waals surface area contributed by atoms with Gasteiger partial charge in [0.2, 0.25) is 0 Å². The Balaban J connectivity index is 2.06. The van der Waals surface area contributed by atoms with Gasteiger partial charge in [-0.1, -0.05) is 11.8 Å². The largest absolute Gasteiger partial charge is 0.479 e. The van der Waals surface area contributed by atoms with E-state index in [4.69, 9.17) is 9.84 Å². The summed E-state index contributed by atoms with van der Waals surface area (Å²) in [6, 6.07) is 0. The molecule has 0 amide bonds. The van der Waals surface area contributed by atoms with Gasteiger partial charge in [-0.3, -0.25) is 13.9 Å². The van der Waals surface area contributed by atoms with E-state index in [1.807, 2.05) is 0 Å². The number of aliphatic carboxylic acids is 1. The molecule has 3 heterocycles. The highest BCUT2D eigenvalue weighted by Gasteiger charge is 2.49. The van der Waals surface area contributed by atoms with Gasteiger partial charge in [0.05, 0.1) is 6.33 Å². The summed E-state index contributed by atoms with van der Waals surface area (Å²) < 4.78 is 7.90. The number of aliphatic hydroxyl groups excluding tert-OH is 3. The molecule has 11 nitrogen and oxygen atoms in total. The van der Waals surface area contributed by atoms with E-state index in [0.29, 0.717) is 5.16 Å². The predicted octanol–water partition coefficient (Wildman–Crippen LogP) is -2.08. The lowest BCUT2D eigenvalue weighted by Crippen LogP contribution is -2.42. The van der Waals surface area contributed by atoms with Crippen LogP contribution >= 0.6 is 11.8 Å². The molecule has 3 rings (SSSR count). The summed E-state index contributed by atoms with van der Waals surface area (Å²) in [4.78, 5) is 31.5. The van der Waals surface area contributed by atoms with E-state index in [9.17, 15) is 24.9 Å². The van der Waals surface area contributed by atoms with Crippen molar-refractivity contribution in [1.82, 2.24) is 19.1 Å². The molecule has 12 heteroatoms. The molecule has 25 heavy (non-hydrogen) atoms. The third-order valence-corrected chi connectivity index (χ3v) is 4.79. The van der Waals surface area contributed by atoms with Crippen molar-refractivity contribution >= 4 is 28.9 Å². The molecule has 1 aliphatic heterocycles. The quantitative estimate of drug-likeness (QED) is 0.346. The van der Waals surface area contributed by atoms with E-state index in [2.05, 4.69) is 9.97 Å². The van der Waals surface area contributed by atoms with E-state index in [1.54, 1.807) is 13.3 Å². The Morgan fingerprint density at radius 3 is 2.68 bits per heavy atom. The smallest absolute Gasteiger partial charge is 0.335 e. The molecule has 0 aliphatic carbocycles. The Bertz CT molecular complexity index is 881. The van der Waals surface area contributed by atoms with Crippen molar-refractivity contribution in [2.75, 3.05) is 6.26 Å². The Kier molecular flexibility index (Phi) is 4.55. The number of hydrogen-bond acceptors (Lipinski definition) is 9. The SMILES string of the molecule is CSc1nc2c(ncn2[C@@H]2O[C@H](C(O)C(=O)O)[C@@H](O)[C@H]2O)c(=O)n1C. The lowest BCUT2D eigenvalue weighted by molar-refractivity contribution is -0.160. The van der Waals surface area contributed by atoms with Crippen LogP contribution in [0.15, 0.2) is 16.3 Å². The zero-order chi connectivity index (χ0) is 18.5. The number of ether oxygens (including phenoxy) is 1. The van der Waals surface area contributed by atoms with Crippen LogP contribution in [0.25, 0.3) is 11.2 Å². The van der Waals surface area contributed by atoms with Crippen molar-refractivity contribution in [3.05, 3.63) is 16.7 Å². The number of rotatable bonds is 4. The van der Waals surface area contributed by atoms with Crippen LogP contribution in [0.1, 0.15) is 6.23 Å². The van der Waals surface area contributed by atoms with Gasteiger partial charge in [-0.15, -0.1) is 0 Å². The summed E-state index contributed by atoms with van der Waals surface area (Å²) in [7, 11) is 1.55. The molecule has 0 spiro atoms. The minimum Gasteiger partial charge on any atom is -0.479 e. The number of hydrogen-bond donors (Lipinski definition) is 4. The molecule has 4 N–H and O–H groups in total. The van der Waals surface area contributed by atoms with Crippen molar-refractivity contribution < 1.29 is 30.0 Å². The third-order valence-electron chi connectivity index (χ3n) is 4.06. The van der Waals surface area contributed by atoms with Gasteiger partial charge in [-0.25, -0.2) is 14.8 Å². The van der Waals surface area contributed by atoms with Crippen molar-refractivity contribution in [1.29, 1.82) is 0 Å². The zero-order valence-electron chi connectivity index (χ0n) is 13.2. The van der Waals surface area contributed by atoms with Gasteiger partial charge in [-0.2, -0.15) is 0 Å². The number of carboxylic acid groups (broad SMARTS) is 1. The summed E-state index contributed by atoms with van der Waals surface area (Å²) in [5.74, 6) is -1.59. The van der Waals surface area contributed by atoms with Crippen LogP contribution < -0.4 is 5.56 Å². The maximum Gasteiger partial charge on any atom is 0.335 e. The summed E-state index contributed by atoms with van der Waals surface area (Å²) in [5, 5.41) is 39.1. The van der Waals surface area contributed by atoms with Gasteiger partial charge in [0.15, 0.2) is 28.7 Å². The fourth-order valence-corrected chi connectivity index (χ4v) is 3.25. The van der Waals surface area contributed by atoms with Gasteiger partial charge < -0.3 is 25.2 Å². The molecule has 0 saturated carbocycles. The molecule has 1 unspecified atom stereocenters. The molecule has 1 saturated heterocycles. The fourth-order valence-electron chi connectivity index (χ4n) is 2.71. The lowest BCUT2D eigenvalue weighted by Gasteiger charge is -2.17. The molecule has 0 aromatic carbocycles. The average molecular weight is 372 g/mol. The van der Waals surface area contributed by atoms with Crippen LogP contribution in [-0.4, -0.2) is 76.2 Å². The molecule has 0 bridgehead atoms. The van der Waals surface area contributed by atoms with Crippen molar-refractivity contribution in [3.63, 3.8) is 0 Å². The van der Waals surface area contributed by atoms with E-state index >= 15 is 0 Å². The summed E-state index contributed by atoms with van der Waals surface area (Å²) in [5.41, 5.74) is -0.245. The second kappa shape index (κ2) is 6.38. The molecule has 2 aromatic heterocycles. The number of fused-ring (bicyclic) bond motifs is 1. The van der Waals surface area contributed by atoms with Crippen LogP contribution in [0, 0.1) is 0 Å². The molecular formula is C13H16N4O7S. The Labute approximate surface area is 144 Å². The Hall–Kier alpha value is -1.99. The van der Waals surface area contributed by atoms with Gasteiger partial charge in [0, 0.05) is 7.05 Å². The summed E-state index contributed by atoms with van der Waals surface area (Å²) in [6.45, 7) is 0. The van der Waals surface area contributed by atoms with Crippen molar-refractivity contribution in [2.45, 2.75) is 35.8 Å². The van der Waals surface area contributed by atoms with Crippen LogP contribution in [0.4, 0.5) is 0 Å². The lowest BCUT2D eigenvalue weighted by atomic mass is 10.1. The van der Waals surface area contributed by atoms with E-state index in [-0.39, 0.29) is 11.2 Å². The first-order valence-corrected chi connectivity index (χ1v) is 8.40. The van der Waals surface area contributed by atoms with E-state index < -0.39 is 42.2 Å². The standard InChI is InChI=1S/C13H16N4O7S/c1-16-10(21)4-9(15-13(16)25-2)17(3-14-4)11-6(19)5(18)8(24-11)7(20)12(22)23/h3,5-8,11,18-20H,1-2H3,(H,22,23)/t5-,6+,7?,8-,11+/m0/s1. The molecule has 5 atom stereocenters. The molecule has 136 valence electrons. The number of carboxylic acids is 1. The second-order valence-electron chi connectivity index (χ2n) is 5.54. The fraction of sp³-hybridized carbons (Fsp3) is 0.538.